The Morgan fingerprint density at radius 3 is 3.00 bits per heavy atom. The van der Waals surface area contributed by atoms with Crippen LogP contribution in [0.2, 0.25) is 0 Å². The number of thiophene rings is 1. The van der Waals surface area contributed by atoms with Gasteiger partial charge in [0.25, 0.3) is 0 Å². The smallest absolute Gasteiger partial charge is 0.122 e. The lowest BCUT2D eigenvalue weighted by Crippen LogP contribution is -2.39. The molecule has 3 heterocycles. The molecule has 102 valence electrons. The fraction of sp³-hybridized carbons (Fsp3) is 0.467. The number of rotatable bonds is 3. The van der Waals surface area contributed by atoms with E-state index < -0.39 is 0 Å². The molecule has 0 fully saturated rings. The molecule has 0 amide bonds. The minimum absolute atomic E-state index is 0.178. The van der Waals surface area contributed by atoms with Crippen molar-refractivity contribution >= 4 is 11.3 Å². The fourth-order valence-corrected chi connectivity index (χ4v) is 3.96. The zero-order valence-corrected chi connectivity index (χ0v) is 12.2. The van der Waals surface area contributed by atoms with Crippen molar-refractivity contribution < 1.29 is 4.42 Å². The Kier molecular flexibility index (Phi) is 3.48. The first-order chi connectivity index (χ1) is 9.20. The SMILES string of the molecule is Cc1ccc(C(CN)N2CCc3sccc3C2C)o1. The summed E-state index contributed by atoms with van der Waals surface area (Å²) in [6, 6.07) is 6.91. The molecule has 0 spiro atoms. The normalized spacial score (nSPS) is 21.3. The topological polar surface area (TPSA) is 42.4 Å². The standard InChI is InChI=1S/C15H20N2OS/c1-10-3-4-14(18-10)13(9-16)17-7-5-15-12(11(17)2)6-8-19-15/h3-4,6,8,11,13H,5,7,9,16H2,1-2H3. The molecule has 1 aliphatic heterocycles. The van der Waals surface area contributed by atoms with Crippen LogP contribution in [-0.2, 0) is 6.42 Å². The quantitative estimate of drug-likeness (QED) is 0.935. The number of hydrogen-bond donors (Lipinski definition) is 1. The first-order valence-electron chi connectivity index (χ1n) is 6.79. The van der Waals surface area contributed by atoms with Gasteiger partial charge in [-0.05, 0) is 49.4 Å². The van der Waals surface area contributed by atoms with E-state index in [0.29, 0.717) is 12.6 Å². The van der Waals surface area contributed by atoms with Crippen molar-refractivity contribution in [1.82, 2.24) is 4.90 Å². The Balaban J connectivity index is 1.89. The molecule has 2 N–H and O–H groups in total. The van der Waals surface area contributed by atoms with Crippen LogP contribution in [0.5, 0.6) is 0 Å². The van der Waals surface area contributed by atoms with Gasteiger partial charge in [0.15, 0.2) is 0 Å². The predicted octanol–water partition coefficient (Wildman–Crippen LogP) is 3.27. The predicted molar refractivity (Wildman–Crippen MR) is 78.4 cm³/mol. The van der Waals surface area contributed by atoms with E-state index in [-0.39, 0.29) is 6.04 Å². The van der Waals surface area contributed by atoms with Crippen molar-refractivity contribution in [1.29, 1.82) is 0 Å². The fourth-order valence-electron chi connectivity index (χ4n) is 3.00. The molecular weight excluding hydrogens is 256 g/mol. The van der Waals surface area contributed by atoms with Gasteiger partial charge in [-0.1, -0.05) is 0 Å². The minimum atomic E-state index is 0.178. The molecule has 2 aromatic rings. The summed E-state index contributed by atoms with van der Waals surface area (Å²) in [4.78, 5) is 3.99. The highest BCUT2D eigenvalue weighted by molar-refractivity contribution is 7.10. The van der Waals surface area contributed by atoms with Crippen LogP contribution >= 0.6 is 11.3 Å². The number of aryl methyl sites for hydroxylation is 1. The summed E-state index contributed by atoms with van der Waals surface area (Å²) in [5, 5.41) is 2.19. The second kappa shape index (κ2) is 5.12. The number of nitrogens with zero attached hydrogens (tertiary/aromatic N) is 1. The van der Waals surface area contributed by atoms with E-state index in [0.717, 1.165) is 24.5 Å². The summed E-state index contributed by atoms with van der Waals surface area (Å²) < 4.78 is 5.79. The van der Waals surface area contributed by atoms with Crippen LogP contribution < -0.4 is 5.73 Å². The van der Waals surface area contributed by atoms with Crippen molar-refractivity contribution in [2.45, 2.75) is 32.4 Å². The second-order valence-corrected chi connectivity index (χ2v) is 6.16. The maximum absolute atomic E-state index is 6.00. The van der Waals surface area contributed by atoms with E-state index in [4.69, 9.17) is 10.2 Å². The third-order valence-corrected chi connectivity index (χ3v) is 5.03. The van der Waals surface area contributed by atoms with Crippen LogP contribution in [0.25, 0.3) is 0 Å². The van der Waals surface area contributed by atoms with E-state index in [2.05, 4.69) is 29.3 Å². The summed E-state index contributed by atoms with van der Waals surface area (Å²) in [6.07, 6.45) is 1.12. The molecule has 1 aliphatic rings. The Labute approximate surface area is 118 Å². The Bertz CT molecular complexity index is 560. The van der Waals surface area contributed by atoms with Gasteiger partial charge in [-0.3, -0.25) is 4.90 Å². The van der Waals surface area contributed by atoms with Crippen LogP contribution in [0.1, 0.15) is 41.0 Å². The van der Waals surface area contributed by atoms with Gasteiger partial charge in [0, 0.05) is 24.0 Å². The van der Waals surface area contributed by atoms with Crippen molar-refractivity contribution in [2.75, 3.05) is 13.1 Å². The van der Waals surface area contributed by atoms with E-state index in [9.17, 15) is 0 Å². The molecule has 2 unspecified atom stereocenters. The molecular formula is C15H20N2OS. The number of hydrogen-bond acceptors (Lipinski definition) is 4. The Morgan fingerprint density at radius 1 is 1.47 bits per heavy atom. The molecule has 2 atom stereocenters. The Morgan fingerprint density at radius 2 is 2.32 bits per heavy atom. The van der Waals surface area contributed by atoms with Gasteiger partial charge < -0.3 is 10.2 Å². The van der Waals surface area contributed by atoms with Crippen LogP contribution in [0.4, 0.5) is 0 Å². The van der Waals surface area contributed by atoms with Crippen molar-refractivity contribution in [3.63, 3.8) is 0 Å². The molecule has 0 bridgehead atoms. The van der Waals surface area contributed by atoms with Crippen LogP contribution in [0.3, 0.4) is 0 Å². The number of furan rings is 1. The first-order valence-corrected chi connectivity index (χ1v) is 7.67. The van der Waals surface area contributed by atoms with E-state index >= 15 is 0 Å². The van der Waals surface area contributed by atoms with Gasteiger partial charge in [0.1, 0.15) is 11.5 Å². The molecule has 19 heavy (non-hydrogen) atoms. The average molecular weight is 276 g/mol. The monoisotopic (exact) mass is 276 g/mol. The Hall–Kier alpha value is -1.10. The third-order valence-electron chi connectivity index (χ3n) is 4.04. The van der Waals surface area contributed by atoms with Crippen molar-refractivity contribution in [3.05, 3.63) is 45.5 Å². The summed E-state index contributed by atoms with van der Waals surface area (Å²) in [5.41, 5.74) is 7.46. The van der Waals surface area contributed by atoms with Gasteiger partial charge in [0.2, 0.25) is 0 Å². The first kappa shape index (κ1) is 12.9. The molecule has 4 heteroatoms. The van der Waals surface area contributed by atoms with E-state index in [1.807, 2.05) is 24.3 Å². The lowest BCUT2D eigenvalue weighted by Gasteiger charge is -2.38. The highest BCUT2D eigenvalue weighted by atomic mass is 32.1. The highest BCUT2D eigenvalue weighted by Crippen LogP contribution is 2.37. The van der Waals surface area contributed by atoms with Gasteiger partial charge in [0.05, 0.1) is 6.04 Å². The zero-order valence-electron chi connectivity index (χ0n) is 11.4. The van der Waals surface area contributed by atoms with Crippen molar-refractivity contribution in [3.8, 4) is 0 Å². The lowest BCUT2D eigenvalue weighted by molar-refractivity contribution is 0.122. The third kappa shape index (κ3) is 2.24. The van der Waals surface area contributed by atoms with E-state index in [1.54, 1.807) is 0 Å². The maximum atomic E-state index is 6.00. The molecule has 0 aromatic carbocycles. The molecule has 3 nitrogen and oxygen atoms in total. The summed E-state index contributed by atoms with van der Waals surface area (Å²) in [7, 11) is 0. The van der Waals surface area contributed by atoms with Crippen LogP contribution in [0.15, 0.2) is 28.0 Å². The summed E-state index contributed by atoms with van der Waals surface area (Å²) in [5.74, 6) is 1.94. The summed E-state index contributed by atoms with van der Waals surface area (Å²) in [6.45, 7) is 5.89. The zero-order chi connectivity index (χ0) is 13.4. The molecule has 0 saturated carbocycles. The van der Waals surface area contributed by atoms with Crippen LogP contribution in [-0.4, -0.2) is 18.0 Å². The second-order valence-electron chi connectivity index (χ2n) is 5.16. The number of nitrogens with two attached hydrogens (primary N) is 1. The maximum Gasteiger partial charge on any atom is 0.122 e. The average Bonchev–Trinajstić information content (AvgIpc) is 3.02. The van der Waals surface area contributed by atoms with Crippen molar-refractivity contribution in [2.24, 2.45) is 5.73 Å². The molecule has 2 aromatic heterocycles. The molecule has 0 radical (unpaired) electrons. The molecule has 3 rings (SSSR count). The van der Waals surface area contributed by atoms with Gasteiger partial charge in [-0.25, -0.2) is 0 Å². The number of fused-ring (bicyclic) bond motifs is 1. The molecule has 0 saturated heterocycles. The minimum Gasteiger partial charge on any atom is -0.465 e. The van der Waals surface area contributed by atoms with Crippen LogP contribution in [0, 0.1) is 6.92 Å². The summed E-state index contributed by atoms with van der Waals surface area (Å²) >= 11 is 1.87. The lowest BCUT2D eigenvalue weighted by atomic mass is 9.98. The largest absolute Gasteiger partial charge is 0.465 e. The highest BCUT2D eigenvalue weighted by Gasteiger charge is 2.31. The van der Waals surface area contributed by atoms with Gasteiger partial charge in [-0.2, -0.15) is 0 Å². The van der Waals surface area contributed by atoms with Gasteiger partial charge in [-0.15, -0.1) is 11.3 Å². The van der Waals surface area contributed by atoms with E-state index in [1.165, 1.54) is 10.4 Å². The molecule has 0 aliphatic carbocycles. The van der Waals surface area contributed by atoms with Gasteiger partial charge >= 0.3 is 0 Å².